The summed E-state index contributed by atoms with van der Waals surface area (Å²) in [7, 11) is 1.55. The van der Waals surface area contributed by atoms with Gasteiger partial charge in [-0.05, 0) is 12.1 Å². The van der Waals surface area contributed by atoms with Gasteiger partial charge in [0.15, 0.2) is 0 Å². The van der Waals surface area contributed by atoms with Crippen LogP contribution in [0.2, 0.25) is 0 Å². The molecule has 0 unspecified atom stereocenters. The molecule has 74 valence electrons. The lowest BCUT2D eigenvalue weighted by atomic mass is 10.2. The first-order chi connectivity index (χ1) is 6.76. The standard InChI is InChI=1S/C10H10FNO2/c1-13-2-3-14-10-5-8(7-12)4-9(11)6-10/h4-6H,2-3H2,1H3. The zero-order chi connectivity index (χ0) is 10.4. The first-order valence-corrected chi connectivity index (χ1v) is 4.08. The Balaban J connectivity index is 2.68. The molecule has 0 aromatic heterocycles. The van der Waals surface area contributed by atoms with Gasteiger partial charge in [0.2, 0.25) is 0 Å². The average molecular weight is 195 g/mol. The van der Waals surface area contributed by atoms with E-state index in [2.05, 4.69) is 0 Å². The molecule has 0 bridgehead atoms. The van der Waals surface area contributed by atoms with Gasteiger partial charge in [-0.1, -0.05) is 0 Å². The third-order valence-corrected chi connectivity index (χ3v) is 1.56. The number of hydrogen-bond donors (Lipinski definition) is 0. The molecule has 0 aliphatic rings. The molecular formula is C10H10FNO2. The van der Waals surface area contributed by atoms with Crippen LogP contribution in [0.5, 0.6) is 5.75 Å². The van der Waals surface area contributed by atoms with Crippen LogP contribution in [0, 0.1) is 17.1 Å². The molecule has 0 aliphatic heterocycles. The van der Waals surface area contributed by atoms with E-state index >= 15 is 0 Å². The molecule has 0 atom stereocenters. The maximum Gasteiger partial charge on any atom is 0.128 e. The fourth-order valence-corrected chi connectivity index (χ4v) is 0.953. The first kappa shape index (κ1) is 10.5. The minimum atomic E-state index is -0.475. The summed E-state index contributed by atoms with van der Waals surface area (Å²) in [5, 5.41) is 8.56. The fourth-order valence-electron chi connectivity index (χ4n) is 0.953. The minimum absolute atomic E-state index is 0.248. The Bertz CT molecular complexity index is 346. The minimum Gasteiger partial charge on any atom is -0.491 e. The van der Waals surface area contributed by atoms with E-state index in [-0.39, 0.29) is 5.56 Å². The predicted octanol–water partition coefficient (Wildman–Crippen LogP) is 1.72. The molecule has 0 spiro atoms. The second-order valence-corrected chi connectivity index (χ2v) is 2.63. The summed E-state index contributed by atoms with van der Waals surface area (Å²) in [4.78, 5) is 0. The van der Waals surface area contributed by atoms with Crippen molar-refractivity contribution in [3.63, 3.8) is 0 Å². The van der Waals surface area contributed by atoms with E-state index in [9.17, 15) is 4.39 Å². The molecule has 0 heterocycles. The van der Waals surface area contributed by atoms with Gasteiger partial charge in [0.1, 0.15) is 18.2 Å². The Hall–Kier alpha value is -1.60. The maximum atomic E-state index is 12.9. The summed E-state index contributed by atoms with van der Waals surface area (Å²) in [6.07, 6.45) is 0. The highest BCUT2D eigenvalue weighted by atomic mass is 19.1. The third-order valence-electron chi connectivity index (χ3n) is 1.56. The molecule has 0 saturated heterocycles. The lowest BCUT2D eigenvalue weighted by molar-refractivity contribution is 0.146. The molecule has 0 aliphatic carbocycles. The van der Waals surface area contributed by atoms with E-state index in [1.165, 1.54) is 12.1 Å². The molecule has 1 aromatic rings. The average Bonchev–Trinajstić information content (AvgIpc) is 2.17. The van der Waals surface area contributed by atoms with Crippen molar-refractivity contribution in [1.82, 2.24) is 0 Å². The molecule has 0 N–H and O–H groups in total. The Morgan fingerprint density at radius 1 is 1.36 bits per heavy atom. The Morgan fingerprint density at radius 3 is 2.79 bits per heavy atom. The topological polar surface area (TPSA) is 42.2 Å². The van der Waals surface area contributed by atoms with Crippen LogP contribution in [0.25, 0.3) is 0 Å². The van der Waals surface area contributed by atoms with Crippen molar-refractivity contribution in [2.75, 3.05) is 20.3 Å². The molecule has 1 rings (SSSR count). The van der Waals surface area contributed by atoms with Crippen LogP contribution >= 0.6 is 0 Å². The van der Waals surface area contributed by atoms with Gasteiger partial charge in [-0.15, -0.1) is 0 Å². The van der Waals surface area contributed by atoms with E-state index < -0.39 is 5.82 Å². The van der Waals surface area contributed by atoms with E-state index in [1.807, 2.05) is 6.07 Å². The number of hydrogen-bond acceptors (Lipinski definition) is 3. The van der Waals surface area contributed by atoms with Gasteiger partial charge < -0.3 is 9.47 Å². The summed E-state index contributed by atoms with van der Waals surface area (Å²) >= 11 is 0. The first-order valence-electron chi connectivity index (χ1n) is 4.08. The molecule has 3 nitrogen and oxygen atoms in total. The SMILES string of the molecule is COCCOc1cc(F)cc(C#N)c1. The Labute approximate surface area is 81.7 Å². The number of halogens is 1. The summed E-state index contributed by atoms with van der Waals surface area (Å²) in [6.45, 7) is 0.767. The van der Waals surface area contributed by atoms with Crippen LogP contribution in [-0.2, 0) is 4.74 Å². The molecule has 1 aromatic carbocycles. The summed E-state index contributed by atoms with van der Waals surface area (Å²) in [5.74, 6) is -0.130. The molecule has 0 saturated carbocycles. The van der Waals surface area contributed by atoms with E-state index in [0.717, 1.165) is 6.07 Å². The lowest BCUT2D eigenvalue weighted by Gasteiger charge is -2.05. The number of rotatable bonds is 4. The summed E-state index contributed by atoms with van der Waals surface area (Å²) in [5.41, 5.74) is 0.248. The molecule has 0 fully saturated rings. The fraction of sp³-hybridized carbons (Fsp3) is 0.300. The van der Waals surface area contributed by atoms with Gasteiger partial charge in [-0.3, -0.25) is 0 Å². The number of benzene rings is 1. The number of methoxy groups -OCH3 is 1. The Kier molecular flexibility index (Phi) is 3.89. The van der Waals surface area contributed by atoms with Crippen molar-refractivity contribution in [2.24, 2.45) is 0 Å². The quantitative estimate of drug-likeness (QED) is 0.687. The highest BCUT2D eigenvalue weighted by molar-refractivity contribution is 5.36. The highest BCUT2D eigenvalue weighted by Crippen LogP contribution is 2.15. The van der Waals surface area contributed by atoms with Crippen LogP contribution < -0.4 is 4.74 Å². The third kappa shape index (κ3) is 3.04. The molecule has 0 amide bonds. The van der Waals surface area contributed by atoms with Crippen LogP contribution in [-0.4, -0.2) is 20.3 Å². The van der Waals surface area contributed by atoms with Crippen molar-refractivity contribution in [3.05, 3.63) is 29.6 Å². The molecule has 14 heavy (non-hydrogen) atoms. The van der Waals surface area contributed by atoms with Crippen LogP contribution in [0.15, 0.2) is 18.2 Å². The second-order valence-electron chi connectivity index (χ2n) is 2.63. The van der Waals surface area contributed by atoms with E-state index in [1.54, 1.807) is 7.11 Å². The van der Waals surface area contributed by atoms with Gasteiger partial charge >= 0.3 is 0 Å². The highest BCUT2D eigenvalue weighted by Gasteiger charge is 2.00. The van der Waals surface area contributed by atoms with Crippen LogP contribution in [0.4, 0.5) is 4.39 Å². The molecule has 4 heteroatoms. The van der Waals surface area contributed by atoms with Crippen molar-refractivity contribution in [3.8, 4) is 11.8 Å². The van der Waals surface area contributed by atoms with Gasteiger partial charge in [-0.25, -0.2) is 4.39 Å². The number of nitrogens with zero attached hydrogens (tertiary/aromatic N) is 1. The normalized spacial score (nSPS) is 9.50. The number of nitriles is 1. The van der Waals surface area contributed by atoms with Gasteiger partial charge in [-0.2, -0.15) is 5.26 Å². The molecule has 0 radical (unpaired) electrons. The van der Waals surface area contributed by atoms with Crippen molar-refractivity contribution >= 4 is 0 Å². The zero-order valence-electron chi connectivity index (χ0n) is 7.79. The van der Waals surface area contributed by atoms with Crippen molar-refractivity contribution in [1.29, 1.82) is 5.26 Å². The van der Waals surface area contributed by atoms with Crippen LogP contribution in [0.3, 0.4) is 0 Å². The largest absolute Gasteiger partial charge is 0.491 e. The molecular weight excluding hydrogens is 185 g/mol. The van der Waals surface area contributed by atoms with Gasteiger partial charge in [0.25, 0.3) is 0 Å². The van der Waals surface area contributed by atoms with Crippen molar-refractivity contribution < 1.29 is 13.9 Å². The monoisotopic (exact) mass is 195 g/mol. The predicted molar refractivity (Wildman–Crippen MR) is 48.5 cm³/mol. The Morgan fingerprint density at radius 2 is 2.14 bits per heavy atom. The number of ether oxygens (including phenoxy) is 2. The zero-order valence-corrected chi connectivity index (χ0v) is 7.79. The summed E-state index contributed by atoms with van der Waals surface area (Å²) < 4.78 is 22.8. The van der Waals surface area contributed by atoms with E-state index in [4.69, 9.17) is 14.7 Å². The van der Waals surface area contributed by atoms with Crippen molar-refractivity contribution in [2.45, 2.75) is 0 Å². The van der Waals surface area contributed by atoms with Crippen LogP contribution in [0.1, 0.15) is 5.56 Å². The van der Waals surface area contributed by atoms with E-state index in [0.29, 0.717) is 19.0 Å². The smallest absolute Gasteiger partial charge is 0.128 e. The van der Waals surface area contributed by atoms with Gasteiger partial charge in [0.05, 0.1) is 18.2 Å². The van der Waals surface area contributed by atoms with Gasteiger partial charge in [0, 0.05) is 13.2 Å². The second kappa shape index (κ2) is 5.20. The maximum absolute atomic E-state index is 12.9. The lowest BCUT2D eigenvalue weighted by Crippen LogP contribution is -2.04. The summed E-state index contributed by atoms with van der Waals surface area (Å²) in [6, 6.07) is 5.72.